The van der Waals surface area contributed by atoms with Crippen LogP contribution in [0.4, 0.5) is 37.0 Å². The molecule has 0 unspecified atom stereocenters. The molecule has 2 aromatic heterocycles. The number of aromatic carboxylic acids is 1. The number of aromatic nitrogens is 3. The molecule has 2 aliphatic heterocycles. The van der Waals surface area contributed by atoms with Crippen LogP contribution in [0.25, 0.3) is 16.8 Å². The summed E-state index contributed by atoms with van der Waals surface area (Å²) in [5.74, 6) is -0.956. The van der Waals surface area contributed by atoms with Crippen LogP contribution in [0.2, 0.25) is 0 Å². The Morgan fingerprint density at radius 2 is 1.76 bits per heavy atom. The van der Waals surface area contributed by atoms with Gasteiger partial charge in [0.2, 0.25) is 0 Å². The number of ether oxygens (including phenoxy) is 2. The van der Waals surface area contributed by atoms with Crippen LogP contribution < -0.4 is 9.64 Å². The maximum absolute atomic E-state index is 14.1. The number of carbonyl (C=O) groups is 2. The van der Waals surface area contributed by atoms with Crippen molar-refractivity contribution in [1.29, 1.82) is 0 Å². The number of amides is 1. The first kappa shape index (κ1) is 34.6. The number of alkyl halides is 6. The van der Waals surface area contributed by atoms with E-state index in [4.69, 9.17) is 14.5 Å². The first-order chi connectivity index (χ1) is 23.5. The summed E-state index contributed by atoms with van der Waals surface area (Å²) in [6, 6.07) is 8.64. The molecule has 2 fully saturated rings. The van der Waals surface area contributed by atoms with Crippen molar-refractivity contribution in [3.63, 3.8) is 0 Å². The fourth-order valence-electron chi connectivity index (χ4n) is 6.37. The largest absolute Gasteiger partial charge is 0.496 e. The summed E-state index contributed by atoms with van der Waals surface area (Å²) >= 11 is 0. The minimum Gasteiger partial charge on any atom is -0.496 e. The molecule has 0 aliphatic carbocycles. The van der Waals surface area contributed by atoms with Gasteiger partial charge >= 0.3 is 24.4 Å². The number of anilines is 1. The topological polar surface area (TPSA) is 110 Å². The molecule has 1 amide bonds. The maximum Gasteiger partial charge on any atom is 0.434 e. The lowest BCUT2D eigenvalue weighted by Crippen LogP contribution is -2.38. The number of aryl methyl sites for hydroxylation is 2. The summed E-state index contributed by atoms with van der Waals surface area (Å²) in [5.41, 5.74) is -1.31. The highest BCUT2D eigenvalue weighted by molar-refractivity contribution is 5.89. The second kappa shape index (κ2) is 12.6. The van der Waals surface area contributed by atoms with Crippen LogP contribution >= 0.6 is 0 Å². The molecule has 10 nitrogen and oxygen atoms in total. The fourth-order valence-corrected chi connectivity index (χ4v) is 6.37. The van der Waals surface area contributed by atoms with E-state index in [2.05, 4.69) is 5.10 Å². The van der Waals surface area contributed by atoms with Crippen LogP contribution in [0, 0.1) is 13.8 Å². The Morgan fingerprint density at radius 3 is 2.36 bits per heavy atom. The van der Waals surface area contributed by atoms with E-state index in [9.17, 15) is 41.0 Å². The van der Waals surface area contributed by atoms with Crippen molar-refractivity contribution in [1.82, 2.24) is 19.7 Å². The normalized spacial score (nSPS) is 17.9. The second-order valence-corrected chi connectivity index (χ2v) is 12.3. The molecule has 4 heterocycles. The van der Waals surface area contributed by atoms with Crippen LogP contribution in [0.3, 0.4) is 0 Å². The first-order valence-electron chi connectivity index (χ1n) is 15.5. The van der Waals surface area contributed by atoms with Gasteiger partial charge in [-0.2, -0.15) is 31.4 Å². The van der Waals surface area contributed by atoms with Crippen LogP contribution in [0.15, 0.2) is 48.7 Å². The van der Waals surface area contributed by atoms with Gasteiger partial charge in [-0.1, -0.05) is 11.6 Å². The summed E-state index contributed by atoms with van der Waals surface area (Å²) in [4.78, 5) is 33.2. The number of hydrogen-bond acceptors (Lipinski definition) is 7. The van der Waals surface area contributed by atoms with Crippen LogP contribution in [0.5, 0.6) is 5.75 Å². The lowest BCUT2D eigenvalue weighted by atomic mass is 9.95. The van der Waals surface area contributed by atoms with Crippen molar-refractivity contribution < 1.29 is 50.5 Å². The number of benzene rings is 2. The lowest BCUT2D eigenvalue weighted by molar-refractivity contribution is -0.143. The standard InChI is InChI=1S/C34H31F6N5O5/c1-17-10-20(13-21(11-17)33(35,36)37)29-19(3)44(32(48)50-29)16-25-28(18(2)12-27(42-25)43-8-5-9-43)23-14-22(6-7-26(23)49-4)45-30(34(38,39)40)24(15-41-45)31(46)47/h6-7,10-15,19,29H,5,8-9,16H2,1-4H3,(H,46,47)/t19-,29-/m0/s1. The smallest absolute Gasteiger partial charge is 0.434 e. The van der Waals surface area contributed by atoms with Crippen molar-refractivity contribution in [3.8, 4) is 22.6 Å². The van der Waals surface area contributed by atoms with Gasteiger partial charge in [0.15, 0.2) is 5.69 Å². The molecule has 0 saturated carbocycles. The van der Waals surface area contributed by atoms with E-state index in [0.717, 1.165) is 31.6 Å². The minimum absolute atomic E-state index is 0.119. The Labute approximate surface area is 281 Å². The third kappa shape index (κ3) is 6.29. The number of hydrogen-bond donors (Lipinski definition) is 1. The molecule has 1 N–H and O–H groups in total. The average Bonchev–Trinajstić information content (AvgIpc) is 3.57. The van der Waals surface area contributed by atoms with Gasteiger partial charge in [-0.15, -0.1) is 0 Å². The maximum atomic E-state index is 14.1. The number of carboxylic acid groups (broad SMARTS) is 1. The molecule has 2 atom stereocenters. The molecular formula is C34H31F6N5O5. The molecule has 16 heteroatoms. The van der Waals surface area contributed by atoms with E-state index in [1.807, 2.05) is 11.0 Å². The van der Waals surface area contributed by atoms with Gasteiger partial charge in [0, 0.05) is 24.2 Å². The second-order valence-electron chi connectivity index (χ2n) is 12.3. The number of halogens is 6. The Hall–Kier alpha value is -5.28. The van der Waals surface area contributed by atoms with Crippen molar-refractivity contribution in [2.24, 2.45) is 0 Å². The molecule has 0 radical (unpaired) electrons. The van der Waals surface area contributed by atoms with Gasteiger partial charge < -0.3 is 19.5 Å². The first-order valence-corrected chi connectivity index (χ1v) is 15.5. The van der Waals surface area contributed by atoms with Gasteiger partial charge in [-0.05, 0) is 74.7 Å². The Balaban J connectivity index is 1.46. The predicted molar refractivity (Wildman–Crippen MR) is 167 cm³/mol. The van der Waals surface area contributed by atoms with Crippen molar-refractivity contribution in [2.75, 3.05) is 25.1 Å². The zero-order valence-electron chi connectivity index (χ0n) is 27.2. The van der Waals surface area contributed by atoms with Crippen LogP contribution in [-0.2, 0) is 23.6 Å². The van der Waals surface area contributed by atoms with E-state index in [-0.39, 0.29) is 29.1 Å². The Kier molecular flexibility index (Phi) is 8.68. The number of rotatable bonds is 8. The summed E-state index contributed by atoms with van der Waals surface area (Å²) in [5, 5.41) is 13.2. The highest BCUT2D eigenvalue weighted by Crippen LogP contribution is 2.42. The van der Waals surface area contributed by atoms with Crippen molar-refractivity contribution in [2.45, 2.75) is 58.2 Å². The summed E-state index contributed by atoms with van der Waals surface area (Å²) < 4.78 is 95.1. The minimum atomic E-state index is -5.06. The third-order valence-electron chi connectivity index (χ3n) is 8.89. The Morgan fingerprint density at radius 1 is 1.04 bits per heavy atom. The van der Waals surface area contributed by atoms with Gasteiger partial charge in [-0.25, -0.2) is 19.3 Å². The Bertz CT molecular complexity index is 1990. The zero-order valence-corrected chi connectivity index (χ0v) is 27.2. The predicted octanol–water partition coefficient (Wildman–Crippen LogP) is 7.59. The van der Waals surface area contributed by atoms with Gasteiger partial charge in [0.05, 0.1) is 42.8 Å². The molecule has 0 bridgehead atoms. The van der Waals surface area contributed by atoms with Gasteiger partial charge in [0.25, 0.3) is 0 Å². The van der Waals surface area contributed by atoms with E-state index in [1.54, 1.807) is 13.8 Å². The number of carbonyl (C=O) groups excluding carboxylic acids is 1. The highest BCUT2D eigenvalue weighted by Gasteiger charge is 2.43. The van der Waals surface area contributed by atoms with Crippen molar-refractivity contribution >= 4 is 17.9 Å². The molecule has 0 spiro atoms. The highest BCUT2D eigenvalue weighted by atomic mass is 19.4. The molecular weight excluding hydrogens is 672 g/mol. The number of pyridine rings is 1. The lowest BCUT2D eigenvalue weighted by Gasteiger charge is -2.33. The quantitative estimate of drug-likeness (QED) is 0.187. The van der Waals surface area contributed by atoms with Crippen LogP contribution in [0.1, 0.15) is 63.4 Å². The number of methoxy groups -OCH3 is 1. The van der Waals surface area contributed by atoms with Crippen molar-refractivity contribution in [3.05, 3.63) is 87.9 Å². The SMILES string of the molecule is COc1ccc(-n2ncc(C(=O)O)c2C(F)(F)F)cc1-c1c(C)cc(N2CCC2)nc1CN1C(=O)O[C@H](c2cc(C)cc(C(F)(F)F)c2)[C@@H]1C. The molecule has 4 aromatic rings. The summed E-state index contributed by atoms with van der Waals surface area (Å²) in [7, 11) is 1.37. The molecule has 2 aliphatic rings. The molecule has 2 saturated heterocycles. The van der Waals surface area contributed by atoms with E-state index in [1.165, 1.54) is 43.2 Å². The molecule has 264 valence electrons. The van der Waals surface area contributed by atoms with E-state index in [0.29, 0.717) is 39.1 Å². The zero-order chi connectivity index (χ0) is 36.3. The average molecular weight is 704 g/mol. The number of carboxylic acids is 1. The summed E-state index contributed by atoms with van der Waals surface area (Å²) in [6.07, 6.45) is -9.94. The number of cyclic esters (lactones) is 1. The van der Waals surface area contributed by atoms with E-state index < -0.39 is 53.4 Å². The summed E-state index contributed by atoms with van der Waals surface area (Å²) in [6.45, 7) is 6.23. The van der Waals surface area contributed by atoms with Crippen LogP contribution in [-0.4, -0.2) is 63.1 Å². The van der Waals surface area contributed by atoms with E-state index >= 15 is 0 Å². The third-order valence-corrected chi connectivity index (χ3v) is 8.89. The molecule has 6 rings (SSSR count). The molecule has 2 aromatic carbocycles. The monoisotopic (exact) mass is 703 g/mol. The van der Waals surface area contributed by atoms with Gasteiger partial charge in [0.1, 0.15) is 23.2 Å². The number of nitrogens with zero attached hydrogens (tertiary/aromatic N) is 5. The molecule has 50 heavy (non-hydrogen) atoms. The fraction of sp³-hybridized carbons (Fsp3) is 0.353. The van der Waals surface area contributed by atoms with Gasteiger partial charge in [-0.3, -0.25) is 4.90 Å².